The van der Waals surface area contributed by atoms with Gasteiger partial charge in [0.15, 0.2) is 23.1 Å². The van der Waals surface area contributed by atoms with Crippen LogP contribution in [0, 0.1) is 5.82 Å². The third-order valence-corrected chi connectivity index (χ3v) is 4.45. The van der Waals surface area contributed by atoms with E-state index in [1.165, 1.54) is 24.4 Å². The molecule has 0 saturated heterocycles. The number of para-hydroxylation sites is 1. The van der Waals surface area contributed by atoms with Gasteiger partial charge in [-0.05, 0) is 18.2 Å². The molecule has 0 atom stereocenters. The van der Waals surface area contributed by atoms with Crippen LogP contribution in [-0.4, -0.2) is 31.0 Å². The molecule has 0 aliphatic rings. The van der Waals surface area contributed by atoms with Gasteiger partial charge in [0.05, 0.1) is 33.3 Å². The van der Waals surface area contributed by atoms with Crippen LogP contribution in [0.2, 0.25) is 10.0 Å². The summed E-state index contributed by atoms with van der Waals surface area (Å²) in [5.41, 5.74) is -0.596. The lowest BCUT2D eigenvalue weighted by molar-refractivity contribution is 0.144. The molecule has 2 aromatic heterocycles. The Balaban J connectivity index is 1.75. The van der Waals surface area contributed by atoms with E-state index in [1.54, 1.807) is 6.07 Å². The zero-order valence-corrected chi connectivity index (χ0v) is 16.1. The molecule has 0 unspecified atom stereocenters. The summed E-state index contributed by atoms with van der Waals surface area (Å²) in [6.07, 6.45) is 0.775. The summed E-state index contributed by atoms with van der Waals surface area (Å²) < 4.78 is 25.6. The number of ether oxygens (including phenoxy) is 2. The summed E-state index contributed by atoms with van der Waals surface area (Å²) in [4.78, 5) is 29.7. The SMILES string of the molecule is O=C(O)Oc1cnn(-c2nc3cc(F)c(Oc4c(Cl)cccc4Cl)cc3c(=O)[nH]2)c1. The van der Waals surface area contributed by atoms with Crippen molar-refractivity contribution in [3.05, 3.63) is 68.9 Å². The average molecular weight is 451 g/mol. The molecule has 9 nitrogen and oxygen atoms in total. The van der Waals surface area contributed by atoms with Crippen molar-refractivity contribution in [1.29, 1.82) is 0 Å². The molecule has 2 aromatic carbocycles. The first-order valence-electron chi connectivity index (χ1n) is 8.13. The Morgan fingerprint density at radius 1 is 1.23 bits per heavy atom. The maximum Gasteiger partial charge on any atom is 0.511 e. The monoisotopic (exact) mass is 450 g/mol. The topological polar surface area (TPSA) is 119 Å². The van der Waals surface area contributed by atoms with Gasteiger partial charge in [-0.25, -0.2) is 18.9 Å². The maximum atomic E-state index is 14.6. The van der Waals surface area contributed by atoms with Gasteiger partial charge >= 0.3 is 6.16 Å². The van der Waals surface area contributed by atoms with Crippen LogP contribution in [0.15, 0.2) is 47.5 Å². The Kier molecular flexibility index (Phi) is 5.02. The summed E-state index contributed by atoms with van der Waals surface area (Å²) in [5.74, 6) is -1.19. The number of carbonyl (C=O) groups is 1. The summed E-state index contributed by atoms with van der Waals surface area (Å²) in [6.45, 7) is 0. The van der Waals surface area contributed by atoms with E-state index in [4.69, 9.17) is 33.0 Å². The number of hydrogen-bond donors (Lipinski definition) is 2. The van der Waals surface area contributed by atoms with Crippen molar-refractivity contribution in [3.8, 4) is 23.2 Å². The molecular formula is C18H9Cl2FN4O5. The van der Waals surface area contributed by atoms with E-state index in [-0.39, 0.29) is 44.1 Å². The number of hydrogen-bond acceptors (Lipinski definition) is 6. The lowest BCUT2D eigenvalue weighted by atomic mass is 10.2. The highest BCUT2D eigenvalue weighted by molar-refractivity contribution is 6.37. The molecule has 2 N–H and O–H groups in total. The van der Waals surface area contributed by atoms with Crippen LogP contribution in [-0.2, 0) is 0 Å². The number of H-pyrrole nitrogens is 1. The van der Waals surface area contributed by atoms with Crippen LogP contribution in [0.25, 0.3) is 16.9 Å². The van der Waals surface area contributed by atoms with Crippen LogP contribution >= 0.6 is 23.2 Å². The number of halogens is 3. The first-order valence-corrected chi connectivity index (χ1v) is 8.88. The second-order valence-corrected chi connectivity index (χ2v) is 6.65. The van der Waals surface area contributed by atoms with E-state index < -0.39 is 17.5 Å². The van der Waals surface area contributed by atoms with Crippen molar-refractivity contribution in [2.45, 2.75) is 0 Å². The van der Waals surface area contributed by atoms with Gasteiger partial charge in [-0.1, -0.05) is 29.3 Å². The first-order chi connectivity index (χ1) is 14.3. The molecule has 0 aliphatic heterocycles. The minimum atomic E-state index is -1.53. The lowest BCUT2D eigenvalue weighted by Gasteiger charge is -2.11. The highest BCUT2D eigenvalue weighted by Crippen LogP contribution is 2.37. The second kappa shape index (κ2) is 7.65. The summed E-state index contributed by atoms with van der Waals surface area (Å²) in [7, 11) is 0. The second-order valence-electron chi connectivity index (χ2n) is 5.83. The molecule has 0 fully saturated rings. The van der Waals surface area contributed by atoms with Crippen molar-refractivity contribution in [3.63, 3.8) is 0 Å². The normalized spacial score (nSPS) is 10.9. The fourth-order valence-corrected chi connectivity index (χ4v) is 3.06. The molecule has 4 aromatic rings. The maximum absolute atomic E-state index is 14.6. The largest absolute Gasteiger partial charge is 0.511 e. The van der Waals surface area contributed by atoms with Gasteiger partial charge in [-0.2, -0.15) is 5.10 Å². The summed E-state index contributed by atoms with van der Waals surface area (Å²) in [6, 6.07) is 6.82. The molecule has 12 heteroatoms. The van der Waals surface area contributed by atoms with Crippen LogP contribution in [0.3, 0.4) is 0 Å². The van der Waals surface area contributed by atoms with E-state index in [0.29, 0.717) is 0 Å². The average Bonchev–Trinajstić information content (AvgIpc) is 3.13. The van der Waals surface area contributed by atoms with Gasteiger partial charge in [0, 0.05) is 6.07 Å². The molecule has 0 bridgehead atoms. The minimum Gasteiger partial charge on any atom is -0.451 e. The first kappa shape index (κ1) is 19.7. The van der Waals surface area contributed by atoms with Gasteiger partial charge in [0.25, 0.3) is 5.56 Å². The van der Waals surface area contributed by atoms with Gasteiger partial charge in [-0.3, -0.25) is 9.78 Å². The predicted molar refractivity (Wildman–Crippen MR) is 105 cm³/mol. The van der Waals surface area contributed by atoms with Crippen LogP contribution < -0.4 is 15.0 Å². The Morgan fingerprint density at radius 2 is 1.97 bits per heavy atom. The molecule has 30 heavy (non-hydrogen) atoms. The molecule has 152 valence electrons. The number of nitrogens with zero attached hydrogens (tertiary/aromatic N) is 3. The number of fused-ring (bicyclic) bond motifs is 1. The standard InChI is InChI=1S/C18H9Cl2FN4O5/c19-10-2-1-3-11(20)15(10)30-14-4-9-13(5-12(14)21)23-17(24-16(9)26)25-7-8(6-22-25)29-18(27)28/h1-7H,(H,27,28)(H,23,24,26). The number of rotatable bonds is 4. The molecule has 2 heterocycles. The number of carboxylic acid groups (broad SMARTS) is 1. The summed E-state index contributed by atoms with van der Waals surface area (Å²) in [5, 5.41) is 12.8. The molecule has 4 rings (SSSR count). The fourth-order valence-electron chi connectivity index (χ4n) is 2.58. The van der Waals surface area contributed by atoms with Gasteiger partial charge < -0.3 is 14.6 Å². The van der Waals surface area contributed by atoms with Crippen molar-refractivity contribution >= 4 is 40.3 Å². The molecule has 0 radical (unpaired) electrons. The van der Waals surface area contributed by atoms with Crippen LogP contribution in [0.5, 0.6) is 17.2 Å². The third kappa shape index (κ3) is 3.78. The zero-order valence-electron chi connectivity index (χ0n) is 14.6. The fraction of sp³-hybridized carbons (Fsp3) is 0. The lowest BCUT2D eigenvalue weighted by Crippen LogP contribution is -2.14. The van der Waals surface area contributed by atoms with Crippen LogP contribution in [0.1, 0.15) is 0 Å². The highest BCUT2D eigenvalue weighted by atomic mass is 35.5. The van der Waals surface area contributed by atoms with E-state index in [1.807, 2.05) is 0 Å². The Hall–Kier alpha value is -3.63. The molecule has 0 amide bonds. The van der Waals surface area contributed by atoms with E-state index in [0.717, 1.165) is 16.9 Å². The third-order valence-electron chi connectivity index (χ3n) is 3.86. The van der Waals surface area contributed by atoms with Gasteiger partial charge in [0.1, 0.15) is 0 Å². The van der Waals surface area contributed by atoms with E-state index in [2.05, 4.69) is 19.8 Å². The Labute approximate surface area is 176 Å². The number of aromatic nitrogens is 4. The predicted octanol–water partition coefficient (Wildman–Crippen LogP) is 4.40. The van der Waals surface area contributed by atoms with Gasteiger partial charge in [0.2, 0.25) is 5.95 Å². The molecular weight excluding hydrogens is 442 g/mol. The van der Waals surface area contributed by atoms with E-state index >= 15 is 0 Å². The smallest absolute Gasteiger partial charge is 0.451 e. The van der Waals surface area contributed by atoms with Gasteiger partial charge in [-0.15, -0.1) is 0 Å². The van der Waals surface area contributed by atoms with Crippen molar-refractivity contribution in [2.24, 2.45) is 0 Å². The zero-order chi connectivity index (χ0) is 21.4. The van der Waals surface area contributed by atoms with E-state index in [9.17, 15) is 14.0 Å². The molecule has 0 saturated carbocycles. The van der Waals surface area contributed by atoms with Crippen molar-refractivity contribution in [1.82, 2.24) is 19.7 Å². The van der Waals surface area contributed by atoms with Crippen LogP contribution in [0.4, 0.5) is 9.18 Å². The number of benzene rings is 2. The molecule has 0 spiro atoms. The minimum absolute atomic E-state index is 0.0139. The Morgan fingerprint density at radius 3 is 2.67 bits per heavy atom. The summed E-state index contributed by atoms with van der Waals surface area (Å²) >= 11 is 12.1. The van der Waals surface area contributed by atoms with Crippen molar-refractivity contribution < 1.29 is 23.8 Å². The number of nitrogens with one attached hydrogen (secondary N) is 1. The Bertz CT molecular complexity index is 1330. The van der Waals surface area contributed by atoms with Crippen molar-refractivity contribution in [2.75, 3.05) is 0 Å². The number of aromatic amines is 1. The molecule has 0 aliphatic carbocycles. The highest BCUT2D eigenvalue weighted by Gasteiger charge is 2.16. The quantitative estimate of drug-likeness (QED) is 0.442.